The van der Waals surface area contributed by atoms with Crippen molar-refractivity contribution in [3.63, 3.8) is 0 Å². The molecule has 0 amide bonds. The average molecular weight is 136 g/mol. The van der Waals surface area contributed by atoms with Crippen LogP contribution in [-0.2, 0) is 0 Å². The predicted molar refractivity (Wildman–Crippen MR) is 45.9 cm³/mol. The maximum Gasteiger partial charge on any atom is 0.00342 e. The molecule has 0 spiro atoms. The zero-order valence-electron chi connectivity index (χ0n) is 7.36. The van der Waals surface area contributed by atoms with Crippen molar-refractivity contribution in [2.75, 3.05) is 0 Å². The maximum atomic E-state index is 2.30. The van der Waals surface area contributed by atoms with E-state index in [9.17, 15) is 0 Å². The first-order chi connectivity index (χ1) is 4.54. The SMILES string of the molecule is CC1=C(C)C(C)(C)C=CC1. The Kier molecular flexibility index (Phi) is 1.72. The minimum absolute atomic E-state index is 0.308. The Bertz CT molecular complexity index is 192. The fourth-order valence-electron chi connectivity index (χ4n) is 1.36. The van der Waals surface area contributed by atoms with Crippen LogP contribution in [-0.4, -0.2) is 0 Å². The quantitative estimate of drug-likeness (QED) is 0.448. The summed E-state index contributed by atoms with van der Waals surface area (Å²) in [5.74, 6) is 0. The van der Waals surface area contributed by atoms with Gasteiger partial charge in [-0.25, -0.2) is 0 Å². The molecule has 0 saturated carbocycles. The van der Waals surface area contributed by atoms with Crippen LogP contribution in [0.25, 0.3) is 0 Å². The number of rotatable bonds is 0. The molecule has 0 aromatic rings. The molecule has 0 saturated heterocycles. The molecule has 1 aliphatic carbocycles. The molecule has 0 unspecified atom stereocenters. The summed E-state index contributed by atoms with van der Waals surface area (Å²) in [6.07, 6.45) is 5.72. The second-order valence-electron chi connectivity index (χ2n) is 3.73. The molecule has 56 valence electrons. The third-order valence-electron chi connectivity index (χ3n) is 2.57. The minimum Gasteiger partial charge on any atom is -0.0836 e. The zero-order chi connectivity index (χ0) is 7.78. The van der Waals surface area contributed by atoms with Crippen molar-refractivity contribution >= 4 is 0 Å². The third kappa shape index (κ3) is 1.16. The number of hydrogen-bond acceptors (Lipinski definition) is 0. The normalized spacial score (nSPS) is 23.6. The molecule has 0 N–H and O–H groups in total. The van der Waals surface area contributed by atoms with Gasteiger partial charge in [0, 0.05) is 5.41 Å². The van der Waals surface area contributed by atoms with E-state index in [1.54, 1.807) is 0 Å². The van der Waals surface area contributed by atoms with Gasteiger partial charge in [-0.15, -0.1) is 0 Å². The van der Waals surface area contributed by atoms with Crippen LogP contribution >= 0.6 is 0 Å². The molecular weight excluding hydrogens is 120 g/mol. The highest BCUT2D eigenvalue weighted by Crippen LogP contribution is 2.34. The summed E-state index contributed by atoms with van der Waals surface area (Å²) in [6, 6.07) is 0. The van der Waals surface area contributed by atoms with Gasteiger partial charge in [-0.3, -0.25) is 0 Å². The van der Waals surface area contributed by atoms with E-state index in [1.807, 2.05) is 0 Å². The fraction of sp³-hybridized carbons (Fsp3) is 0.600. The lowest BCUT2D eigenvalue weighted by Gasteiger charge is -2.27. The summed E-state index contributed by atoms with van der Waals surface area (Å²) < 4.78 is 0. The van der Waals surface area contributed by atoms with Crippen LogP contribution in [0.15, 0.2) is 23.3 Å². The van der Waals surface area contributed by atoms with E-state index in [0.717, 1.165) is 6.42 Å². The van der Waals surface area contributed by atoms with E-state index in [0.29, 0.717) is 5.41 Å². The van der Waals surface area contributed by atoms with Crippen LogP contribution in [0.4, 0.5) is 0 Å². The number of hydrogen-bond donors (Lipinski definition) is 0. The number of allylic oxidation sites excluding steroid dienone is 4. The molecule has 0 heterocycles. The molecule has 0 aromatic carbocycles. The Morgan fingerprint density at radius 2 is 1.90 bits per heavy atom. The molecule has 0 aliphatic heterocycles. The van der Waals surface area contributed by atoms with E-state index in [4.69, 9.17) is 0 Å². The molecule has 0 aromatic heterocycles. The molecule has 0 radical (unpaired) electrons. The van der Waals surface area contributed by atoms with Crippen LogP contribution < -0.4 is 0 Å². The summed E-state index contributed by atoms with van der Waals surface area (Å²) in [5, 5.41) is 0. The third-order valence-corrected chi connectivity index (χ3v) is 2.57. The van der Waals surface area contributed by atoms with Gasteiger partial charge in [0.25, 0.3) is 0 Å². The summed E-state index contributed by atoms with van der Waals surface area (Å²) in [5.41, 5.74) is 3.38. The Morgan fingerprint density at radius 3 is 2.30 bits per heavy atom. The van der Waals surface area contributed by atoms with Crippen molar-refractivity contribution in [3.05, 3.63) is 23.3 Å². The van der Waals surface area contributed by atoms with Gasteiger partial charge in [0.2, 0.25) is 0 Å². The van der Waals surface area contributed by atoms with Crippen molar-refractivity contribution in [3.8, 4) is 0 Å². The summed E-state index contributed by atoms with van der Waals surface area (Å²) >= 11 is 0. The van der Waals surface area contributed by atoms with Gasteiger partial charge >= 0.3 is 0 Å². The second kappa shape index (κ2) is 2.26. The molecule has 0 bridgehead atoms. The summed E-state index contributed by atoms with van der Waals surface area (Å²) in [7, 11) is 0. The van der Waals surface area contributed by atoms with Crippen LogP contribution in [0.5, 0.6) is 0 Å². The highest BCUT2D eigenvalue weighted by Gasteiger charge is 2.20. The fourth-order valence-corrected chi connectivity index (χ4v) is 1.36. The van der Waals surface area contributed by atoms with Crippen molar-refractivity contribution in [1.82, 2.24) is 0 Å². The largest absolute Gasteiger partial charge is 0.0836 e. The van der Waals surface area contributed by atoms with Crippen molar-refractivity contribution < 1.29 is 0 Å². The van der Waals surface area contributed by atoms with E-state index < -0.39 is 0 Å². The topological polar surface area (TPSA) is 0 Å². The molecular formula is C10H16. The van der Waals surface area contributed by atoms with E-state index >= 15 is 0 Å². The molecule has 1 rings (SSSR count). The lowest BCUT2D eigenvalue weighted by atomic mass is 9.78. The Morgan fingerprint density at radius 1 is 1.30 bits per heavy atom. The lowest BCUT2D eigenvalue weighted by molar-refractivity contribution is 0.559. The molecule has 10 heavy (non-hydrogen) atoms. The molecule has 0 heteroatoms. The summed E-state index contributed by atoms with van der Waals surface area (Å²) in [4.78, 5) is 0. The monoisotopic (exact) mass is 136 g/mol. The van der Waals surface area contributed by atoms with Gasteiger partial charge in [0.05, 0.1) is 0 Å². The van der Waals surface area contributed by atoms with Gasteiger partial charge in [-0.2, -0.15) is 0 Å². The van der Waals surface area contributed by atoms with Gasteiger partial charge < -0.3 is 0 Å². The average Bonchev–Trinajstić information content (AvgIpc) is 1.83. The standard InChI is InChI=1S/C10H16/c1-8-6-5-7-10(3,4)9(8)2/h5,7H,6H2,1-4H3. The summed E-state index contributed by atoms with van der Waals surface area (Å²) in [6.45, 7) is 8.99. The highest BCUT2D eigenvalue weighted by atomic mass is 14.2. The van der Waals surface area contributed by atoms with Crippen LogP contribution in [0.1, 0.15) is 34.1 Å². The van der Waals surface area contributed by atoms with Gasteiger partial charge in [0.1, 0.15) is 0 Å². The molecule has 1 aliphatic rings. The van der Waals surface area contributed by atoms with Crippen LogP contribution in [0.3, 0.4) is 0 Å². The first-order valence-corrected chi connectivity index (χ1v) is 3.88. The Labute approximate surface area is 63.6 Å². The predicted octanol–water partition coefficient (Wildman–Crippen LogP) is 3.31. The van der Waals surface area contributed by atoms with Crippen LogP contribution in [0.2, 0.25) is 0 Å². The Balaban J connectivity index is 2.97. The smallest absolute Gasteiger partial charge is 0.00342 e. The lowest BCUT2D eigenvalue weighted by Crippen LogP contribution is -2.13. The molecule has 0 nitrogen and oxygen atoms in total. The zero-order valence-corrected chi connectivity index (χ0v) is 7.36. The van der Waals surface area contributed by atoms with Crippen molar-refractivity contribution in [2.24, 2.45) is 5.41 Å². The highest BCUT2D eigenvalue weighted by molar-refractivity contribution is 5.28. The Hall–Kier alpha value is -0.520. The van der Waals surface area contributed by atoms with E-state index in [2.05, 4.69) is 39.8 Å². The first-order valence-electron chi connectivity index (χ1n) is 3.88. The van der Waals surface area contributed by atoms with Crippen molar-refractivity contribution in [1.29, 1.82) is 0 Å². The van der Waals surface area contributed by atoms with Gasteiger partial charge in [-0.1, -0.05) is 37.1 Å². The van der Waals surface area contributed by atoms with Crippen LogP contribution in [0, 0.1) is 5.41 Å². The van der Waals surface area contributed by atoms with E-state index in [-0.39, 0.29) is 0 Å². The van der Waals surface area contributed by atoms with Gasteiger partial charge in [-0.05, 0) is 20.3 Å². The second-order valence-corrected chi connectivity index (χ2v) is 3.73. The minimum atomic E-state index is 0.308. The van der Waals surface area contributed by atoms with Crippen molar-refractivity contribution in [2.45, 2.75) is 34.1 Å². The van der Waals surface area contributed by atoms with E-state index in [1.165, 1.54) is 11.1 Å². The molecule has 0 atom stereocenters. The maximum absolute atomic E-state index is 2.30. The first kappa shape index (κ1) is 7.59. The molecule has 0 fully saturated rings. The van der Waals surface area contributed by atoms with Gasteiger partial charge in [0.15, 0.2) is 0 Å².